The summed E-state index contributed by atoms with van der Waals surface area (Å²) in [5.74, 6) is 1.64. The molecule has 0 aliphatic carbocycles. The highest BCUT2D eigenvalue weighted by Gasteiger charge is 2.14. The average molecular weight is 352 g/mol. The van der Waals surface area contributed by atoms with Crippen LogP contribution in [0, 0.1) is 0 Å². The molecule has 0 aromatic heterocycles. The van der Waals surface area contributed by atoms with Crippen LogP contribution < -0.4 is 14.8 Å². The molecule has 1 heterocycles. The van der Waals surface area contributed by atoms with Crippen molar-refractivity contribution >= 4 is 23.2 Å². The van der Waals surface area contributed by atoms with Crippen LogP contribution in [0.1, 0.15) is 18.4 Å². The zero-order valence-corrected chi connectivity index (χ0v) is 14.2. The lowest BCUT2D eigenvalue weighted by molar-refractivity contribution is 0.275. The highest BCUT2D eigenvalue weighted by Crippen LogP contribution is 2.24. The molecular formula is C18H19Cl2NO2. The lowest BCUT2D eigenvalue weighted by Crippen LogP contribution is -2.28. The molecule has 3 nitrogen and oxygen atoms in total. The molecule has 2 aromatic carbocycles. The predicted molar refractivity (Wildman–Crippen MR) is 93.8 cm³/mol. The van der Waals surface area contributed by atoms with Crippen LogP contribution in [-0.2, 0) is 6.61 Å². The molecule has 1 fully saturated rings. The maximum Gasteiger partial charge on any atom is 0.120 e. The molecule has 1 aliphatic heterocycles. The smallest absolute Gasteiger partial charge is 0.120 e. The number of halogens is 2. The Labute approximate surface area is 146 Å². The average Bonchev–Trinajstić information content (AvgIpc) is 3.07. The van der Waals surface area contributed by atoms with Crippen LogP contribution >= 0.6 is 23.2 Å². The van der Waals surface area contributed by atoms with E-state index in [0.29, 0.717) is 29.3 Å². The summed E-state index contributed by atoms with van der Waals surface area (Å²) in [4.78, 5) is 0. The van der Waals surface area contributed by atoms with E-state index in [4.69, 9.17) is 32.7 Å². The van der Waals surface area contributed by atoms with E-state index in [1.165, 1.54) is 12.8 Å². The maximum atomic E-state index is 6.13. The highest BCUT2D eigenvalue weighted by atomic mass is 35.5. The minimum atomic E-state index is 0.405. The summed E-state index contributed by atoms with van der Waals surface area (Å²) >= 11 is 12.0. The first-order valence-electron chi connectivity index (χ1n) is 7.74. The van der Waals surface area contributed by atoms with E-state index in [1.807, 2.05) is 30.3 Å². The maximum absolute atomic E-state index is 6.13. The summed E-state index contributed by atoms with van der Waals surface area (Å²) in [7, 11) is 0. The normalized spacial score (nSPS) is 17.2. The largest absolute Gasteiger partial charge is 0.492 e. The van der Waals surface area contributed by atoms with Crippen molar-refractivity contribution in [3.63, 3.8) is 0 Å². The second-order valence-electron chi connectivity index (χ2n) is 5.60. The third-order valence-electron chi connectivity index (χ3n) is 3.85. The molecule has 1 saturated heterocycles. The van der Waals surface area contributed by atoms with Crippen molar-refractivity contribution in [1.82, 2.24) is 5.32 Å². The Bertz CT molecular complexity index is 640. The van der Waals surface area contributed by atoms with Crippen LogP contribution in [0.15, 0.2) is 42.5 Å². The van der Waals surface area contributed by atoms with Crippen LogP contribution in [0.2, 0.25) is 10.0 Å². The van der Waals surface area contributed by atoms with Crippen molar-refractivity contribution in [1.29, 1.82) is 0 Å². The minimum absolute atomic E-state index is 0.405. The molecule has 0 bridgehead atoms. The van der Waals surface area contributed by atoms with Gasteiger partial charge in [-0.1, -0.05) is 29.3 Å². The summed E-state index contributed by atoms with van der Waals surface area (Å²) < 4.78 is 11.5. The fraction of sp³-hybridized carbons (Fsp3) is 0.333. The number of hydrogen-bond donors (Lipinski definition) is 1. The molecule has 5 heteroatoms. The standard InChI is InChI=1S/C18H19Cl2NO2/c19-14-4-3-13(18(20)10-14)11-22-16-5-7-17(8-6-16)23-12-15-2-1-9-21-15/h3-8,10,15,21H,1-2,9,11-12H2/t15-/m1/s1. The van der Waals surface area contributed by atoms with Crippen LogP contribution in [0.5, 0.6) is 11.5 Å². The molecule has 2 aromatic rings. The number of ether oxygens (including phenoxy) is 2. The summed E-state index contributed by atoms with van der Waals surface area (Å²) in [5, 5.41) is 4.65. The Morgan fingerprint density at radius 3 is 2.39 bits per heavy atom. The van der Waals surface area contributed by atoms with Gasteiger partial charge in [-0.25, -0.2) is 0 Å². The van der Waals surface area contributed by atoms with Crippen molar-refractivity contribution < 1.29 is 9.47 Å². The van der Waals surface area contributed by atoms with Gasteiger partial charge in [-0.05, 0) is 55.8 Å². The molecule has 1 aliphatic rings. The first kappa shape index (κ1) is 16.4. The molecule has 0 saturated carbocycles. The first-order valence-corrected chi connectivity index (χ1v) is 8.49. The van der Waals surface area contributed by atoms with Gasteiger partial charge in [-0.2, -0.15) is 0 Å². The van der Waals surface area contributed by atoms with Gasteiger partial charge in [-0.3, -0.25) is 0 Å². The summed E-state index contributed by atoms with van der Waals surface area (Å²) in [6, 6.07) is 13.5. The van der Waals surface area contributed by atoms with Crippen molar-refractivity contribution in [2.24, 2.45) is 0 Å². The molecule has 0 spiro atoms. The zero-order valence-electron chi connectivity index (χ0n) is 12.7. The monoisotopic (exact) mass is 351 g/mol. The number of nitrogens with one attached hydrogen (secondary N) is 1. The van der Waals surface area contributed by atoms with Gasteiger partial charge in [0.25, 0.3) is 0 Å². The van der Waals surface area contributed by atoms with Crippen molar-refractivity contribution in [2.45, 2.75) is 25.5 Å². The Kier molecular flexibility index (Phi) is 5.65. The van der Waals surface area contributed by atoms with Crippen molar-refractivity contribution in [3.8, 4) is 11.5 Å². The fourth-order valence-corrected chi connectivity index (χ4v) is 2.99. The Hall–Kier alpha value is -1.42. The molecule has 0 amide bonds. The second kappa shape index (κ2) is 7.91. The third kappa shape index (κ3) is 4.77. The quantitative estimate of drug-likeness (QED) is 0.817. The molecular weight excluding hydrogens is 333 g/mol. The highest BCUT2D eigenvalue weighted by molar-refractivity contribution is 6.35. The number of hydrogen-bond acceptors (Lipinski definition) is 3. The predicted octanol–water partition coefficient (Wildman–Crippen LogP) is 4.70. The van der Waals surface area contributed by atoms with Crippen LogP contribution in [0.25, 0.3) is 0 Å². The van der Waals surface area contributed by atoms with Gasteiger partial charge < -0.3 is 14.8 Å². The van der Waals surface area contributed by atoms with Gasteiger partial charge in [0, 0.05) is 21.7 Å². The molecule has 122 valence electrons. The number of benzene rings is 2. The van der Waals surface area contributed by atoms with Crippen molar-refractivity contribution in [3.05, 3.63) is 58.1 Å². The van der Waals surface area contributed by atoms with E-state index in [1.54, 1.807) is 12.1 Å². The van der Waals surface area contributed by atoms with E-state index >= 15 is 0 Å². The lowest BCUT2D eigenvalue weighted by atomic mass is 10.2. The Balaban J connectivity index is 1.50. The van der Waals surface area contributed by atoms with E-state index in [2.05, 4.69) is 5.32 Å². The van der Waals surface area contributed by atoms with E-state index in [0.717, 1.165) is 23.6 Å². The van der Waals surface area contributed by atoms with Crippen LogP contribution in [0.4, 0.5) is 0 Å². The first-order chi connectivity index (χ1) is 11.2. The second-order valence-corrected chi connectivity index (χ2v) is 6.44. The molecule has 23 heavy (non-hydrogen) atoms. The Morgan fingerprint density at radius 2 is 1.74 bits per heavy atom. The van der Waals surface area contributed by atoms with Gasteiger partial charge in [0.15, 0.2) is 0 Å². The topological polar surface area (TPSA) is 30.5 Å². The molecule has 1 N–H and O–H groups in total. The summed E-state index contributed by atoms with van der Waals surface area (Å²) in [6.45, 7) is 2.21. The van der Waals surface area contributed by atoms with Gasteiger partial charge in [0.2, 0.25) is 0 Å². The zero-order chi connectivity index (χ0) is 16.1. The fourth-order valence-electron chi connectivity index (χ4n) is 2.53. The number of rotatable bonds is 6. The van der Waals surface area contributed by atoms with Gasteiger partial charge in [0.1, 0.15) is 24.7 Å². The molecule has 3 rings (SSSR count). The molecule has 0 radical (unpaired) electrons. The van der Waals surface area contributed by atoms with Crippen LogP contribution in [-0.4, -0.2) is 19.2 Å². The third-order valence-corrected chi connectivity index (χ3v) is 4.43. The Morgan fingerprint density at radius 1 is 1.00 bits per heavy atom. The lowest BCUT2D eigenvalue weighted by Gasteiger charge is -2.13. The van der Waals surface area contributed by atoms with Gasteiger partial charge in [0.05, 0.1) is 0 Å². The van der Waals surface area contributed by atoms with Gasteiger partial charge in [-0.15, -0.1) is 0 Å². The molecule has 0 unspecified atom stereocenters. The summed E-state index contributed by atoms with van der Waals surface area (Å²) in [6.07, 6.45) is 2.41. The van der Waals surface area contributed by atoms with Crippen molar-refractivity contribution in [2.75, 3.05) is 13.2 Å². The molecule has 1 atom stereocenters. The van der Waals surface area contributed by atoms with Gasteiger partial charge >= 0.3 is 0 Å². The van der Waals surface area contributed by atoms with Crippen LogP contribution in [0.3, 0.4) is 0 Å². The minimum Gasteiger partial charge on any atom is -0.492 e. The van der Waals surface area contributed by atoms with E-state index in [9.17, 15) is 0 Å². The summed E-state index contributed by atoms with van der Waals surface area (Å²) in [5.41, 5.74) is 0.906. The van der Waals surface area contributed by atoms with E-state index < -0.39 is 0 Å². The SMILES string of the molecule is Clc1ccc(COc2ccc(OC[C@H]3CCCN3)cc2)c(Cl)c1. The van der Waals surface area contributed by atoms with E-state index in [-0.39, 0.29) is 0 Å².